The molecule has 0 aliphatic heterocycles. The summed E-state index contributed by atoms with van der Waals surface area (Å²) in [5.41, 5.74) is 0. The van der Waals surface area contributed by atoms with Crippen LogP contribution in [0.5, 0.6) is 0 Å². The quantitative estimate of drug-likeness (QED) is 0.525. The summed E-state index contributed by atoms with van der Waals surface area (Å²) in [6.45, 7) is 16.5. The predicted molar refractivity (Wildman–Crippen MR) is 57.0 cm³/mol. The van der Waals surface area contributed by atoms with E-state index >= 15 is 0 Å². The van der Waals surface area contributed by atoms with Crippen molar-refractivity contribution in [3.05, 3.63) is 0 Å². The molecule has 0 radical (unpaired) electrons. The summed E-state index contributed by atoms with van der Waals surface area (Å²) in [4.78, 5) is 0. The van der Waals surface area contributed by atoms with Crippen LogP contribution in [0.25, 0.3) is 0 Å². The van der Waals surface area contributed by atoms with Gasteiger partial charge in [0.25, 0.3) is 0 Å². The van der Waals surface area contributed by atoms with E-state index in [1.807, 2.05) is 0 Å². The molecule has 11 heavy (non-hydrogen) atoms. The summed E-state index contributed by atoms with van der Waals surface area (Å²) in [5.74, 6) is 0. The molecule has 0 saturated heterocycles. The molecule has 0 N–H and O–H groups in total. The Hall–Kier alpha value is 0.430. The van der Waals surface area contributed by atoms with Crippen LogP contribution in [0.1, 0.15) is 48.5 Å². The van der Waals surface area contributed by atoms with Gasteiger partial charge in [-0.3, -0.25) is 0 Å². The van der Waals surface area contributed by atoms with E-state index in [1.54, 1.807) is 0 Å². The van der Waals surface area contributed by atoms with Gasteiger partial charge in [-0.2, -0.15) is 0 Å². The monoisotopic (exact) mass is 174 g/mol. The van der Waals surface area contributed by atoms with Gasteiger partial charge in [0.2, 0.25) is 0 Å². The van der Waals surface area contributed by atoms with Crippen molar-refractivity contribution in [3.8, 4) is 0 Å². The van der Waals surface area contributed by atoms with E-state index in [0.29, 0.717) is 10.3 Å². The zero-order chi connectivity index (χ0) is 9.28. The fourth-order valence-electron chi connectivity index (χ4n) is 1.95. The molecular formula is C10H23P. The van der Waals surface area contributed by atoms with Crippen molar-refractivity contribution in [2.75, 3.05) is 6.16 Å². The first-order chi connectivity index (χ1) is 4.69. The molecule has 0 saturated carbocycles. The summed E-state index contributed by atoms with van der Waals surface area (Å²) >= 11 is 0. The van der Waals surface area contributed by atoms with Gasteiger partial charge in [-0.05, 0) is 16.5 Å². The maximum Gasteiger partial charge on any atom is -0.0175 e. The van der Waals surface area contributed by atoms with E-state index in [-0.39, 0.29) is 7.92 Å². The number of hydrogen-bond donors (Lipinski definition) is 0. The van der Waals surface area contributed by atoms with Gasteiger partial charge in [0.05, 0.1) is 0 Å². The number of hydrogen-bond acceptors (Lipinski definition) is 0. The lowest BCUT2D eigenvalue weighted by Gasteiger charge is -2.41. The SMILES string of the molecule is CCP(C(C)(C)C)C(C)(C)C. The van der Waals surface area contributed by atoms with E-state index < -0.39 is 0 Å². The maximum absolute atomic E-state index is 2.37. The van der Waals surface area contributed by atoms with Gasteiger partial charge < -0.3 is 0 Å². The molecule has 0 bridgehead atoms. The summed E-state index contributed by atoms with van der Waals surface area (Å²) in [6.07, 6.45) is 1.35. The van der Waals surface area contributed by atoms with Gasteiger partial charge in [0.1, 0.15) is 0 Å². The summed E-state index contributed by atoms with van der Waals surface area (Å²) in [6, 6.07) is 0. The Morgan fingerprint density at radius 1 is 0.818 bits per heavy atom. The van der Waals surface area contributed by atoms with Crippen LogP contribution in [0.4, 0.5) is 0 Å². The Balaban J connectivity index is 4.43. The Morgan fingerprint density at radius 3 is 1.09 bits per heavy atom. The number of rotatable bonds is 1. The minimum absolute atomic E-state index is 0.159. The van der Waals surface area contributed by atoms with Crippen molar-refractivity contribution >= 4 is 7.92 Å². The van der Waals surface area contributed by atoms with Crippen LogP contribution in [0.2, 0.25) is 0 Å². The van der Waals surface area contributed by atoms with Crippen LogP contribution in [-0.2, 0) is 0 Å². The topological polar surface area (TPSA) is 0 Å². The molecule has 0 aromatic carbocycles. The average Bonchev–Trinajstić information content (AvgIpc) is 1.56. The first-order valence-corrected chi connectivity index (χ1v) is 6.00. The summed E-state index contributed by atoms with van der Waals surface area (Å²) < 4.78 is 0. The van der Waals surface area contributed by atoms with E-state index in [9.17, 15) is 0 Å². The third-order valence-electron chi connectivity index (χ3n) is 1.94. The second kappa shape index (κ2) is 3.44. The molecule has 0 spiro atoms. The van der Waals surface area contributed by atoms with Gasteiger partial charge in [-0.1, -0.05) is 56.4 Å². The Kier molecular flexibility index (Phi) is 3.57. The van der Waals surface area contributed by atoms with Gasteiger partial charge in [-0.25, -0.2) is 0 Å². The van der Waals surface area contributed by atoms with Crippen molar-refractivity contribution in [3.63, 3.8) is 0 Å². The first-order valence-electron chi connectivity index (χ1n) is 4.47. The largest absolute Gasteiger partial charge is 0.0959 e. The van der Waals surface area contributed by atoms with Crippen molar-refractivity contribution in [1.82, 2.24) is 0 Å². The first kappa shape index (κ1) is 11.4. The van der Waals surface area contributed by atoms with Crippen LogP contribution in [0, 0.1) is 0 Å². The lowest BCUT2D eigenvalue weighted by Crippen LogP contribution is -2.25. The van der Waals surface area contributed by atoms with E-state index in [2.05, 4.69) is 48.5 Å². The second-order valence-corrected chi connectivity index (χ2v) is 9.26. The fraction of sp³-hybridized carbons (Fsp3) is 1.00. The molecule has 0 aliphatic rings. The smallest absolute Gasteiger partial charge is 0.0175 e. The summed E-state index contributed by atoms with van der Waals surface area (Å²) in [5, 5.41) is 1.03. The van der Waals surface area contributed by atoms with Crippen molar-refractivity contribution in [1.29, 1.82) is 0 Å². The standard InChI is InChI=1S/C10H23P/c1-8-11(9(2,3)4)10(5,6)7/h8H2,1-7H3. The van der Waals surface area contributed by atoms with E-state index in [1.165, 1.54) is 6.16 Å². The van der Waals surface area contributed by atoms with Crippen LogP contribution in [-0.4, -0.2) is 16.5 Å². The van der Waals surface area contributed by atoms with Crippen LogP contribution in [0.15, 0.2) is 0 Å². The van der Waals surface area contributed by atoms with Gasteiger partial charge >= 0.3 is 0 Å². The van der Waals surface area contributed by atoms with Crippen molar-refractivity contribution in [2.24, 2.45) is 0 Å². The molecule has 0 aromatic heterocycles. The second-order valence-electron chi connectivity index (χ2n) is 5.09. The molecule has 0 aromatic rings. The van der Waals surface area contributed by atoms with Crippen LogP contribution >= 0.6 is 7.92 Å². The molecule has 0 amide bonds. The molecule has 0 unspecified atom stereocenters. The molecule has 0 heterocycles. The van der Waals surface area contributed by atoms with Gasteiger partial charge in [0.15, 0.2) is 0 Å². The third kappa shape index (κ3) is 3.56. The van der Waals surface area contributed by atoms with Crippen LogP contribution < -0.4 is 0 Å². The highest BCUT2D eigenvalue weighted by atomic mass is 31.1. The Bertz CT molecular complexity index is 99.8. The van der Waals surface area contributed by atoms with Crippen molar-refractivity contribution < 1.29 is 0 Å². The van der Waals surface area contributed by atoms with Gasteiger partial charge in [0, 0.05) is 0 Å². The van der Waals surface area contributed by atoms with Crippen LogP contribution in [0.3, 0.4) is 0 Å². The summed E-state index contributed by atoms with van der Waals surface area (Å²) in [7, 11) is 0.159. The molecule has 0 atom stereocenters. The molecular weight excluding hydrogens is 151 g/mol. The lowest BCUT2D eigenvalue weighted by molar-refractivity contribution is 0.705. The fourth-order valence-corrected chi connectivity index (χ4v) is 5.86. The highest BCUT2D eigenvalue weighted by molar-refractivity contribution is 7.60. The van der Waals surface area contributed by atoms with E-state index in [4.69, 9.17) is 0 Å². The molecule has 0 rings (SSSR count). The normalized spacial score (nSPS) is 14.2. The zero-order valence-electron chi connectivity index (χ0n) is 9.15. The lowest BCUT2D eigenvalue weighted by atomic mass is 10.2. The zero-order valence-corrected chi connectivity index (χ0v) is 10.0. The molecule has 0 aliphatic carbocycles. The minimum Gasteiger partial charge on any atom is -0.0959 e. The molecule has 0 nitrogen and oxygen atoms in total. The Labute approximate surface area is 73.5 Å². The average molecular weight is 174 g/mol. The minimum atomic E-state index is 0.159. The highest BCUT2D eigenvalue weighted by Gasteiger charge is 2.32. The van der Waals surface area contributed by atoms with Gasteiger partial charge in [-0.15, -0.1) is 0 Å². The van der Waals surface area contributed by atoms with E-state index in [0.717, 1.165) is 0 Å². The Morgan fingerprint density at radius 2 is 1.09 bits per heavy atom. The highest BCUT2D eigenvalue weighted by Crippen LogP contribution is 2.58. The molecule has 68 valence electrons. The molecule has 0 fully saturated rings. The molecule has 1 heteroatoms. The predicted octanol–water partition coefficient (Wildman–Crippen LogP) is 4.09. The van der Waals surface area contributed by atoms with Crippen molar-refractivity contribution in [2.45, 2.75) is 58.8 Å². The maximum atomic E-state index is 2.37. The third-order valence-corrected chi connectivity index (χ3v) is 5.81.